The Bertz CT molecular complexity index is 618. The lowest BCUT2D eigenvalue weighted by Crippen LogP contribution is -2.20. The van der Waals surface area contributed by atoms with E-state index in [0.717, 1.165) is 17.7 Å². The summed E-state index contributed by atoms with van der Waals surface area (Å²) in [6.07, 6.45) is 2.04. The molecule has 1 aliphatic heterocycles. The number of carbonyl (C=O) groups is 1. The summed E-state index contributed by atoms with van der Waals surface area (Å²) < 4.78 is 31.2. The van der Waals surface area contributed by atoms with Gasteiger partial charge in [0.15, 0.2) is 11.5 Å². The Balaban J connectivity index is 0.000000231. The molecule has 23 heavy (non-hydrogen) atoms. The number of ketones is 1. The van der Waals surface area contributed by atoms with Gasteiger partial charge in [-0.1, -0.05) is 38.5 Å². The van der Waals surface area contributed by atoms with Gasteiger partial charge in [0.05, 0.1) is 4.90 Å². The maximum absolute atomic E-state index is 11.2. The van der Waals surface area contributed by atoms with Crippen LogP contribution in [0.5, 0.6) is 0 Å². The van der Waals surface area contributed by atoms with E-state index in [2.05, 4.69) is 13.8 Å². The zero-order chi connectivity index (χ0) is 17.7. The summed E-state index contributed by atoms with van der Waals surface area (Å²) in [5.41, 5.74) is 1.44. The van der Waals surface area contributed by atoms with Gasteiger partial charge in [0.25, 0.3) is 0 Å². The van der Waals surface area contributed by atoms with Gasteiger partial charge in [-0.15, -0.1) is 0 Å². The molecule has 6 heteroatoms. The Morgan fingerprint density at radius 2 is 1.83 bits per heavy atom. The van der Waals surface area contributed by atoms with E-state index in [9.17, 15) is 17.8 Å². The van der Waals surface area contributed by atoms with Crippen LogP contribution in [-0.2, 0) is 25.8 Å². The lowest BCUT2D eigenvalue weighted by atomic mass is 9.94. The summed E-state index contributed by atoms with van der Waals surface area (Å²) in [6, 6.07) is 5.78. The third-order valence-electron chi connectivity index (χ3n) is 3.73. The highest BCUT2D eigenvalue weighted by Crippen LogP contribution is 2.32. The van der Waals surface area contributed by atoms with Crippen molar-refractivity contribution in [1.29, 1.82) is 0 Å². The largest absolute Gasteiger partial charge is 0.744 e. The molecular formula is C17H26O4S2. The minimum absolute atomic E-state index is 0.178. The summed E-state index contributed by atoms with van der Waals surface area (Å²) in [7, 11) is -3.85. The molecule has 130 valence electrons. The van der Waals surface area contributed by atoms with Crippen molar-refractivity contribution >= 4 is 26.8 Å². The average molecular weight is 359 g/mol. The molecule has 0 aromatic heterocycles. The maximum Gasteiger partial charge on any atom is 0.181 e. The quantitative estimate of drug-likeness (QED) is 0.613. The van der Waals surface area contributed by atoms with Crippen molar-refractivity contribution in [2.75, 3.05) is 17.3 Å². The zero-order valence-corrected chi connectivity index (χ0v) is 15.9. The lowest BCUT2D eigenvalue weighted by Gasteiger charge is -2.10. The summed E-state index contributed by atoms with van der Waals surface area (Å²) in [6.45, 7) is 8.42. The first-order chi connectivity index (χ1) is 10.5. The molecule has 1 heterocycles. The predicted molar refractivity (Wildman–Crippen MR) is 94.8 cm³/mol. The van der Waals surface area contributed by atoms with Crippen LogP contribution in [-0.4, -0.2) is 36.0 Å². The fraction of sp³-hybridized carbons (Fsp3) is 0.588. The highest BCUT2D eigenvalue weighted by atomic mass is 32.2. The molecule has 1 aromatic carbocycles. The van der Waals surface area contributed by atoms with E-state index in [1.807, 2.05) is 13.8 Å². The van der Waals surface area contributed by atoms with Crippen LogP contribution >= 0.6 is 0 Å². The Kier molecular flexibility index (Phi) is 7.29. The van der Waals surface area contributed by atoms with Crippen LogP contribution in [0.15, 0.2) is 29.2 Å². The van der Waals surface area contributed by atoms with Gasteiger partial charge in [-0.05, 0) is 30.0 Å². The summed E-state index contributed by atoms with van der Waals surface area (Å²) in [5, 5.41) is 0. The summed E-state index contributed by atoms with van der Waals surface area (Å²) >= 11 is 0. The van der Waals surface area contributed by atoms with Crippen molar-refractivity contribution in [3.8, 4) is 0 Å². The fourth-order valence-electron chi connectivity index (χ4n) is 2.28. The van der Waals surface area contributed by atoms with E-state index in [1.54, 1.807) is 12.1 Å². The molecule has 1 unspecified atom stereocenters. The summed E-state index contributed by atoms with van der Waals surface area (Å²) in [5.74, 6) is 3.88. The minimum atomic E-state index is -4.27. The zero-order valence-electron chi connectivity index (χ0n) is 14.3. The van der Waals surface area contributed by atoms with Gasteiger partial charge >= 0.3 is 0 Å². The third kappa shape index (κ3) is 7.50. The van der Waals surface area contributed by atoms with Crippen molar-refractivity contribution < 1.29 is 17.8 Å². The van der Waals surface area contributed by atoms with Crippen molar-refractivity contribution in [2.45, 2.75) is 45.4 Å². The van der Waals surface area contributed by atoms with Crippen LogP contribution in [0.1, 0.15) is 39.2 Å². The highest BCUT2D eigenvalue weighted by molar-refractivity contribution is 7.97. The molecule has 1 fully saturated rings. The third-order valence-corrected chi connectivity index (χ3v) is 7.28. The van der Waals surface area contributed by atoms with E-state index in [-0.39, 0.29) is 4.90 Å². The van der Waals surface area contributed by atoms with Crippen LogP contribution in [0.4, 0.5) is 0 Å². The number of hydrogen-bond donors (Lipinski definition) is 0. The molecule has 0 bridgehead atoms. The second kappa shape index (κ2) is 8.31. The first-order valence-electron chi connectivity index (χ1n) is 7.72. The van der Waals surface area contributed by atoms with Crippen LogP contribution in [0, 0.1) is 12.3 Å². The number of hydrogen-bond acceptors (Lipinski definition) is 4. The highest BCUT2D eigenvalue weighted by Gasteiger charge is 2.39. The smallest absolute Gasteiger partial charge is 0.181 e. The second-order valence-corrected chi connectivity index (χ2v) is 10.3. The second-order valence-electron chi connectivity index (χ2n) is 6.68. The molecule has 1 atom stereocenters. The Hall–Kier alpha value is -0.850. The van der Waals surface area contributed by atoms with E-state index >= 15 is 0 Å². The first kappa shape index (κ1) is 20.2. The SMILES string of the molecule is CCC(=O)C[S+]1CCC(C)(C)C1.Cc1ccc(S(=O)(=O)[O-])cc1. The number of Topliss-reactive ketones (excluding diaryl/α,β-unsaturated/α-hetero) is 1. The molecule has 0 spiro atoms. The molecule has 1 aromatic rings. The molecule has 1 aliphatic rings. The van der Waals surface area contributed by atoms with Crippen LogP contribution < -0.4 is 0 Å². The van der Waals surface area contributed by atoms with Crippen molar-refractivity contribution in [1.82, 2.24) is 0 Å². The van der Waals surface area contributed by atoms with E-state index < -0.39 is 10.1 Å². The van der Waals surface area contributed by atoms with Gasteiger partial charge in [0, 0.05) is 18.3 Å². The maximum atomic E-state index is 11.2. The number of benzene rings is 1. The molecule has 0 amide bonds. The van der Waals surface area contributed by atoms with Crippen LogP contribution in [0.3, 0.4) is 0 Å². The lowest BCUT2D eigenvalue weighted by molar-refractivity contribution is -0.116. The van der Waals surface area contributed by atoms with Gasteiger partial charge in [-0.2, -0.15) is 0 Å². The molecule has 4 nitrogen and oxygen atoms in total. The average Bonchev–Trinajstić information content (AvgIpc) is 2.78. The van der Waals surface area contributed by atoms with Gasteiger partial charge in [0.1, 0.15) is 21.6 Å². The number of aryl methyl sites for hydroxylation is 1. The number of rotatable bonds is 4. The fourth-order valence-corrected chi connectivity index (χ4v) is 5.89. The standard InChI is InChI=1S/C10H19OS.C7H8O3S/c1-4-9(11)7-12-6-5-10(2,3)8-12;1-6-2-4-7(5-3-6)11(8,9)10/h4-8H2,1-3H3;2-5H,1H3,(H,8,9,10)/q+1;/p-1. The summed E-state index contributed by atoms with van der Waals surface area (Å²) in [4.78, 5) is 11.0. The Morgan fingerprint density at radius 3 is 2.22 bits per heavy atom. The monoisotopic (exact) mass is 358 g/mol. The van der Waals surface area contributed by atoms with Gasteiger partial charge in [-0.25, -0.2) is 8.42 Å². The van der Waals surface area contributed by atoms with Crippen molar-refractivity contribution in [3.63, 3.8) is 0 Å². The number of carbonyl (C=O) groups excluding carboxylic acids is 1. The predicted octanol–water partition coefficient (Wildman–Crippen LogP) is 2.91. The van der Waals surface area contributed by atoms with Gasteiger partial charge < -0.3 is 4.55 Å². The first-order valence-corrected chi connectivity index (χ1v) is 10.9. The van der Waals surface area contributed by atoms with Crippen molar-refractivity contribution in [2.24, 2.45) is 5.41 Å². The molecule has 2 rings (SSSR count). The van der Waals surface area contributed by atoms with Gasteiger partial charge in [-0.3, -0.25) is 4.79 Å². The normalized spacial score (nSPS) is 19.8. The molecule has 0 saturated carbocycles. The topological polar surface area (TPSA) is 74.3 Å². The van der Waals surface area contributed by atoms with Crippen LogP contribution in [0.2, 0.25) is 0 Å². The molecular weight excluding hydrogens is 332 g/mol. The van der Waals surface area contributed by atoms with Gasteiger partial charge in [0.2, 0.25) is 0 Å². The van der Waals surface area contributed by atoms with Crippen molar-refractivity contribution in [3.05, 3.63) is 29.8 Å². The molecule has 0 radical (unpaired) electrons. The Labute approximate surface area is 142 Å². The minimum Gasteiger partial charge on any atom is -0.744 e. The molecule has 0 aliphatic carbocycles. The molecule has 0 N–H and O–H groups in total. The van der Waals surface area contributed by atoms with E-state index in [1.165, 1.54) is 30.1 Å². The molecule has 1 saturated heterocycles. The van der Waals surface area contributed by atoms with E-state index in [4.69, 9.17) is 0 Å². The van der Waals surface area contributed by atoms with E-state index in [0.29, 0.717) is 22.1 Å². The van der Waals surface area contributed by atoms with Crippen LogP contribution in [0.25, 0.3) is 0 Å². The Morgan fingerprint density at radius 1 is 1.26 bits per heavy atom.